The van der Waals surface area contributed by atoms with Crippen LogP contribution in [0.4, 0.5) is 11.4 Å². The minimum atomic E-state index is -0.895. The minimum Gasteiger partial charge on any atom is -0.483 e. The zero-order chi connectivity index (χ0) is 28.8. The number of imide groups is 1. The van der Waals surface area contributed by atoms with Gasteiger partial charge < -0.3 is 19.4 Å². The number of rotatable bonds is 6. The molecule has 2 unspecified atom stereocenters. The predicted octanol–water partition coefficient (Wildman–Crippen LogP) is 3.14. The number of morpholine rings is 1. The van der Waals surface area contributed by atoms with Gasteiger partial charge in [-0.15, -0.1) is 0 Å². The number of fused-ring (bicyclic) bond motifs is 2. The van der Waals surface area contributed by atoms with Crippen LogP contribution in [0.3, 0.4) is 0 Å². The van der Waals surface area contributed by atoms with Crippen molar-refractivity contribution < 1.29 is 28.8 Å². The summed E-state index contributed by atoms with van der Waals surface area (Å²) in [5, 5.41) is 10.8. The molecule has 3 aliphatic heterocycles. The Hall–Kier alpha value is -3.53. The van der Waals surface area contributed by atoms with Gasteiger partial charge in [-0.3, -0.25) is 29.3 Å². The van der Waals surface area contributed by atoms with E-state index < -0.39 is 33.8 Å². The lowest BCUT2D eigenvalue weighted by Gasteiger charge is -2.31. The van der Waals surface area contributed by atoms with E-state index in [2.05, 4.69) is 20.9 Å². The van der Waals surface area contributed by atoms with Crippen LogP contribution < -0.4 is 14.5 Å². The number of halogens is 1. The molecule has 41 heavy (non-hydrogen) atoms. The van der Waals surface area contributed by atoms with Crippen molar-refractivity contribution in [1.82, 2.24) is 9.88 Å². The zero-order valence-corrected chi connectivity index (χ0v) is 24.3. The number of nitro groups is 1. The van der Waals surface area contributed by atoms with Gasteiger partial charge in [-0.05, 0) is 30.3 Å². The molecule has 2 aromatic carbocycles. The number of nitrogens with one attached hydrogen (secondary N) is 1. The molecule has 0 aliphatic carbocycles. The highest BCUT2D eigenvalue weighted by Crippen LogP contribution is 2.54. The molecular weight excluding hydrogens is 640 g/mol. The van der Waals surface area contributed by atoms with Crippen LogP contribution in [-0.4, -0.2) is 70.7 Å². The number of thioether (sulfide) groups is 1. The van der Waals surface area contributed by atoms with E-state index in [-0.39, 0.29) is 28.8 Å². The average molecular weight is 662 g/mol. The van der Waals surface area contributed by atoms with Gasteiger partial charge in [-0.2, -0.15) is 0 Å². The third-order valence-corrected chi connectivity index (χ3v) is 10.1. The van der Waals surface area contributed by atoms with Gasteiger partial charge in [-0.1, -0.05) is 39.0 Å². The summed E-state index contributed by atoms with van der Waals surface area (Å²) in [6.45, 7) is 1.61. The molecular formula is C26H21BrN4O8S2. The Labute approximate surface area is 248 Å². The van der Waals surface area contributed by atoms with E-state index in [1.165, 1.54) is 24.3 Å². The third kappa shape index (κ3) is 5.07. The molecule has 2 fully saturated rings. The minimum absolute atomic E-state index is 0.167. The Kier molecular flexibility index (Phi) is 7.44. The number of aromatic nitrogens is 1. The van der Waals surface area contributed by atoms with Gasteiger partial charge in [0, 0.05) is 46.1 Å². The molecule has 0 bridgehead atoms. The molecule has 3 amide bonds. The quantitative estimate of drug-likeness (QED) is 0.239. The van der Waals surface area contributed by atoms with E-state index >= 15 is 0 Å². The molecule has 3 aromatic rings. The van der Waals surface area contributed by atoms with E-state index in [1.54, 1.807) is 23.1 Å². The summed E-state index contributed by atoms with van der Waals surface area (Å²) in [5.41, 5.74) is 0.602. The normalized spacial score (nSPS) is 21.9. The first-order valence-electron chi connectivity index (χ1n) is 12.5. The number of nitrogens with zero attached hydrogens (tertiary/aromatic N) is 3. The molecule has 15 heteroatoms. The largest absolute Gasteiger partial charge is 0.483 e. The molecule has 3 atom stereocenters. The maximum absolute atomic E-state index is 14.0. The van der Waals surface area contributed by atoms with Gasteiger partial charge in [0.05, 0.1) is 34.8 Å². The van der Waals surface area contributed by atoms with Gasteiger partial charge in [0.15, 0.2) is 6.61 Å². The monoisotopic (exact) mass is 660 g/mol. The molecule has 3 aliphatic rings. The third-order valence-electron chi connectivity index (χ3n) is 7.16. The van der Waals surface area contributed by atoms with Crippen LogP contribution in [0.1, 0.15) is 16.4 Å². The number of nitro benzene ring substituents is 1. The van der Waals surface area contributed by atoms with Crippen LogP contribution in [0.5, 0.6) is 5.75 Å². The number of ether oxygens (including phenoxy) is 2. The maximum Gasteiger partial charge on any atom is 0.305 e. The maximum atomic E-state index is 14.0. The lowest BCUT2D eigenvalue weighted by Crippen LogP contribution is -2.43. The molecule has 6 rings (SSSR count). The SMILES string of the molecule is O=C(COc1ccc(Br)cc1[C@H]1c2sc(=O)[nH]c2SC2C(=O)N(c3ccc([N+](=O)[O-])cc3)C(=O)C21)N1CCOCC1. The first-order valence-corrected chi connectivity index (χ1v) is 15.0. The van der Waals surface area contributed by atoms with Gasteiger partial charge in [0.25, 0.3) is 11.6 Å². The van der Waals surface area contributed by atoms with Crippen molar-refractivity contribution in [2.24, 2.45) is 5.92 Å². The molecule has 0 spiro atoms. The van der Waals surface area contributed by atoms with Crippen molar-refractivity contribution in [2.75, 3.05) is 37.8 Å². The summed E-state index contributed by atoms with van der Waals surface area (Å²) in [7, 11) is 0. The van der Waals surface area contributed by atoms with Gasteiger partial charge in [0.2, 0.25) is 11.8 Å². The highest BCUT2D eigenvalue weighted by molar-refractivity contribution is 9.10. The van der Waals surface area contributed by atoms with Crippen molar-refractivity contribution in [3.05, 3.63) is 77.2 Å². The summed E-state index contributed by atoms with van der Waals surface area (Å²) < 4.78 is 12.0. The van der Waals surface area contributed by atoms with Crippen molar-refractivity contribution in [3.63, 3.8) is 0 Å². The van der Waals surface area contributed by atoms with Gasteiger partial charge >= 0.3 is 4.87 Å². The topological polar surface area (TPSA) is 152 Å². The summed E-state index contributed by atoms with van der Waals surface area (Å²) in [6.07, 6.45) is 0. The lowest BCUT2D eigenvalue weighted by atomic mass is 9.82. The van der Waals surface area contributed by atoms with Crippen LogP contribution in [0.25, 0.3) is 0 Å². The Morgan fingerprint density at radius 3 is 2.56 bits per heavy atom. The number of benzene rings is 2. The van der Waals surface area contributed by atoms with Gasteiger partial charge in [-0.25, -0.2) is 4.90 Å². The zero-order valence-electron chi connectivity index (χ0n) is 21.1. The molecule has 1 aromatic heterocycles. The summed E-state index contributed by atoms with van der Waals surface area (Å²) >= 11 is 5.57. The lowest BCUT2D eigenvalue weighted by molar-refractivity contribution is -0.384. The molecule has 12 nitrogen and oxygen atoms in total. The standard InChI is InChI=1S/C26H21BrN4O8S2/c27-13-1-6-17(39-12-18(32)29-7-9-38-10-8-29)16(11-13)19-20-22(40-23-21(19)41-26(35)28-23)25(34)30(24(20)33)14-2-4-15(5-3-14)31(36)37/h1-6,11,19-20,22H,7-10,12H2,(H,28,35)/t19-,20?,22?/m1/s1. The number of thiazole rings is 1. The van der Waals surface area contributed by atoms with Crippen LogP contribution in [0, 0.1) is 16.0 Å². The number of non-ortho nitro benzene ring substituents is 1. The first-order chi connectivity index (χ1) is 19.7. The average Bonchev–Trinajstić information content (AvgIpc) is 3.46. The Morgan fingerprint density at radius 1 is 1.12 bits per heavy atom. The Balaban J connectivity index is 1.38. The number of aromatic amines is 1. The fourth-order valence-corrected chi connectivity index (χ4v) is 8.15. The number of hydrogen-bond acceptors (Lipinski definition) is 10. The van der Waals surface area contributed by atoms with E-state index in [0.29, 0.717) is 52.0 Å². The second-order valence-electron chi connectivity index (χ2n) is 9.50. The highest BCUT2D eigenvalue weighted by atomic mass is 79.9. The van der Waals surface area contributed by atoms with Crippen molar-refractivity contribution in [2.45, 2.75) is 16.2 Å². The second-order valence-corrected chi connectivity index (χ2v) is 12.6. The summed E-state index contributed by atoms with van der Waals surface area (Å²) in [6, 6.07) is 10.4. The Bertz CT molecular complexity index is 1620. The van der Waals surface area contributed by atoms with E-state index in [9.17, 15) is 29.3 Å². The van der Waals surface area contributed by atoms with Gasteiger partial charge in [0.1, 0.15) is 11.0 Å². The van der Waals surface area contributed by atoms with E-state index in [4.69, 9.17) is 9.47 Å². The Morgan fingerprint density at radius 2 is 1.85 bits per heavy atom. The smallest absolute Gasteiger partial charge is 0.305 e. The molecule has 0 saturated carbocycles. The number of hydrogen-bond donors (Lipinski definition) is 1. The molecule has 0 radical (unpaired) electrons. The highest BCUT2D eigenvalue weighted by Gasteiger charge is 2.57. The van der Waals surface area contributed by atoms with Crippen molar-refractivity contribution in [1.29, 1.82) is 0 Å². The molecule has 212 valence electrons. The number of carbonyl (C=O) groups excluding carboxylic acids is 3. The first kappa shape index (κ1) is 27.6. The van der Waals surface area contributed by atoms with Crippen LogP contribution in [-0.2, 0) is 19.1 Å². The fraction of sp³-hybridized carbons (Fsp3) is 0.308. The number of amides is 3. The number of anilines is 1. The fourth-order valence-electron chi connectivity index (χ4n) is 5.27. The van der Waals surface area contributed by atoms with Crippen molar-refractivity contribution in [3.8, 4) is 5.75 Å². The molecule has 1 N–H and O–H groups in total. The van der Waals surface area contributed by atoms with E-state index in [0.717, 1.165) is 28.0 Å². The molecule has 4 heterocycles. The second kappa shape index (κ2) is 11.0. The number of H-pyrrole nitrogens is 1. The summed E-state index contributed by atoms with van der Waals surface area (Å²) in [5.74, 6) is -2.46. The van der Waals surface area contributed by atoms with Crippen molar-refractivity contribution >= 4 is 68.1 Å². The van der Waals surface area contributed by atoms with E-state index in [1.807, 2.05) is 0 Å². The molecule has 2 saturated heterocycles. The summed E-state index contributed by atoms with van der Waals surface area (Å²) in [4.78, 5) is 69.2. The van der Waals surface area contributed by atoms with Crippen LogP contribution in [0.15, 0.2) is 56.8 Å². The number of carbonyl (C=O) groups is 3. The van der Waals surface area contributed by atoms with Crippen LogP contribution in [0.2, 0.25) is 0 Å². The van der Waals surface area contributed by atoms with Crippen LogP contribution >= 0.6 is 39.0 Å². The predicted molar refractivity (Wildman–Crippen MR) is 153 cm³/mol.